The quantitative estimate of drug-likeness (QED) is 0.379. The Morgan fingerprint density at radius 1 is 1.05 bits per heavy atom. The van der Waals surface area contributed by atoms with Crippen LogP contribution in [0.3, 0.4) is 0 Å². The van der Waals surface area contributed by atoms with Gasteiger partial charge >= 0.3 is 0 Å². The Hall–Kier alpha value is -2.22. The number of piperidine rings is 2. The minimum Gasteiger partial charge on any atom is -0.365 e. The van der Waals surface area contributed by atoms with Gasteiger partial charge in [-0.2, -0.15) is 0 Å². The summed E-state index contributed by atoms with van der Waals surface area (Å²) >= 11 is 1.73. The monoisotopic (exact) mass is 519 g/mol. The standard InChI is InChI=1S/C30H41N5OS/c1-2-23-24-12-6-7-13-25(24)37-27(23)26-29(32-21-9-8-16-31-19-21)33-28(34-30(26)36)20-14-17-35(18-15-20)22-10-4-3-5-11-22/h6-7,12-13,20-22,31H,2-5,8-11,14-19H2,1H3,(H2,32,33,34,36). The van der Waals surface area contributed by atoms with Crippen molar-refractivity contribution in [1.82, 2.24) is 20.2 Å². The molecule has 7 heteroatoms. The maximum atomic E-state index is 13.8. The number of hydrogen-bond acceptors (Lipinski definition) is 6. The third kappa shape index (κ3) is 5.23. The summed E-state index contributed by atoms with van der Waals surface area (Å²) < 4.78 is 1.23. The maximum absolute atomic E-state index is 13.8. The van der Waals surface area contributed by atoms with Crippen molar-refractivity contribution < 1.29 is 0 Å². The lowest BCUT2D eigenvalue weighted by atomic mass is 9.90. The van der Waals surface area contributed by atoms with Crippen LogP contribution in [0, 0.1) is 0 Å². The molecule has 37 heavy (non-hydrogen) atoms. The molecule has 1 saturated carbocycles. The molecule has 2 aromatic heterocycles. The fourth-order valence-corrected chi connectivity index (χ4v) is 8.14. The van der Waals surface area contributed by atoms with Crippen LogP contribution >= 0.6 is 11.3 Å². The molecule has 1 aliphatic carbocycles. The van der Waals surface area contributed by atoms with Gasteiger partial charge in [-0.25, -0.2) is 4.98 Å². The first-order chi connectivity index (χ1) is 18.2. The molecule has 198 valence electrons. The first kappa shape index (κ1) is 25.1. The summed E-state index contributed by atoms with van der Waals surface area (Å²) in [7, 11) is 0. The Labute approximate surface area is 224 Å². The van der Waals surface area contributed by atoms with Gasteiger partial charge in [-0.15, -0.1) is 11.3 Å². The van der Waals surface area contributed by atoms with Gasteiger partial charge in [-0.05, 0) is 81.6 Å². The molecule has 4 heterocycles. The Kier molecular flexibility index (Phi) is 7.63. The van der Waals surface area contributed by atoms with Crippen LogP contribution in [0.5, 0.6) is 0 Å². The summed E-state index contributed by atoms with van der Waals surface area (Å²) in [6, 6.07) is 9.58. The van der Waals surface area contributed by atoms with E-state index >= 15 is 0 Å². The van der Waals surface area contributed by atoms with Gasteiger partial charge in [0.1, 0.15) is 11.6 Å². The lowest BCUT2D eigenvalue weighted by Crippen LogP contribution is -2.42. The van der Waals surface area contributed by atoms with Crippen LogP contribution in [0.4, 0.5) is 5.82 Å². The Balaban J connectivity index is 1.33. The van der Waals surface area contributed by atoms with Crippen molar-refractivity contribution in [3.8, 4) is 10.4 Å². The minimum absolute atomic E-state index is 0.00670. The number of aromatic amines is 1. The first-order valence-corrected chi connectivity index (χ1v) is 15.4. The van der Waals surface area contributed by atoms with Crippen LogP contribution in [-0.2, 0) is 6.42 Å². The number of nitrogens with one attached hydrogen (secondary N) is 3. The number of aromatic nitrogens is 2. The highest BCUT2D eigenvalue weighted by Crippen LogP contribution is 2.40. The summed E-state index contributed by atoms with van der Waals surface area (Å²) in [5.41, 5.74) is 1.99. The van der Waals surface area contributed by atoms with Gasteiger partial charge in [0, 0.05) is 34.1 Å². The van der Waals surface area contributed by atoms with E-state index < -0.39 is 0 Å². The van der Waals surface area contributed by atoms with E-state index in [1.165, 1.54) is 47.8 Å². The summed E-state index contributed by atoms with van der Waals surface area (Å²) in [5.74, 6) is 1.98. The lowest BCUT2D eigenvalue weighted by Gasteiger charge is -2.39. The molecule has 3 N–H and O–H groups in total. The Morgan fingerprint density at radius 2 is 1.86 bits per heavy atom. The SMILES string of the molecule is CCc1c(-c2c(NC3CCCNC3)nc(C3CCN(C4CCCCC4)CC3)[nH]c2=O)sc2ccccc12. The second-order valence-electron chi connectivity index (χ2n) is 11.2. The fraction of sp³-hybridized carbons (Fsp3) is 0.600. The summed E-state index contributed by atoms with van der Waals surface area (Å²) in [6.07, 6.45) is 12.2. The van der Waals surface area contributed by atoms with E-state index in [1.54, 1.807) is 11.3 Å². The van der Waals surface area contributed by atoms with Gasteiger partial charge in [-0.1, -0.05) is 44.4 Å². The van der Waals surface area contributed by atoms with Gasteiger partial charge < -0.3 is 20.5 Å². The molecule has 0 radical (unpaired) electrons. The molecule has 2 saturated heterocycles. The molecule has 1 aromatic carbocycles. The van der Waals surface area contributed by atoms with E-state index in [0.717, 1.165) is 86.4 Å². The number of likely N-dealkylation sites (tertiary alicyclic amines) is 1. The van der Waals surface area contributed by atoms with Crippen LogP contribution in [-0.4, -0.2) is 53.1 Å². The fourth-order valence-electron chi connectivity index (χ4n) is 6.80. The van der Waals surface area contributed by atoms with E-state index in [-0.39, 0.29) is 5.56 Å². The molecule has 3 aromatic rings. The van der Waals surface area contributed by atoms with E-state index in [4.69, 9.17) is 4.98 Å². The van der Waals surface area contributed by atoms with Crippen LogP contribution in [0.15, 0.2) is 29.1 Å². The smallest absolute Gasteiger partial charge is 0.261 e. The molecule has 6 nitrogen and oxygen atoms in total. The van der Waals surface area contributed by atoms with Gasteiger partial charge in [0.05, 0.1) is 5.56 Å². The molecular formula is C30H41N5OS. The highest BCUT2D eigenvalue weighted by atomic mass is 32.1. The molecule has 1 atom stereocenters. The van der Waals surface area contributed by atoms with Crippen LogP contribution < -0.4 is 16.2 Å². The van der Waals surface area contributed by atoms with Crippen LogP contribution in [0.2, 0.25) is 0 Å². The number of H-pyrrole nitrogens is 1. The topological polar surface area (TPSA) is 73.1 Å². The summed E-state index contributed by atoms with van der Waals surface area (Å²) in [4.78, 5) is 26.1. The van der Waals surface area contributed by atoms with Crippen molar-refractivity contribution >= 4 is 27.2 Å². The van der Waals surface area contributed by atoms with E-state index in [1.807, 2.05) is 0 Å². The average molecular weight is 520 g/mol. The van der Waals surface area contributed by atoms with Crippen molar-refractivity contribution in [3.63, 3.8) is 0 Å². The van der Waals surface area contributed by atoms with E-state index in [0.29, 0.717) is 12.0 Å². The van der Waals surface area contributed by atoms with E-state index in [9.17, 15) is 4.79 Å². The summed E-state index contributed by atoms with van der Waals surface area (Å²) in [5, 5.41) is 8.49. The third-order valence-corrected chi connectivity index (χ3v) is 10.1. The van der Waals surface area contributed by atoms with Crippen molar-refractivity contribution in [3.05, 3.63) is 46.0 Å². The number of benzene rings is 1. The highest BCUT2D eigenvalue weighted by Gasteiger charge is 2.30. The van der Waals surface area contributed by atoms with Crippen molar-refractivity contribution in [2.45, 2.75) is 89.1 Å². The maximum Gasteiger partial charge on any atom is 0.261 e. The molecule has 3 fully saturated rings. The molecule has 0 bridgehead atoms. The van der Waals surface area contributed by atoms with Gasteiger partial charge in [0.2, 0.25) is 0 Å². The van der Waals surface area contributed by atoms with Crippen molar-refractivity contribution in [2.75, 3.05) is 31.5 Å². The number of rotatable bonds is 6. The van der Waals surface area contributed by atoms with E-state index in [2.05, 4.69) is 51.7 Å². The number of aryl methyl sites for hydroxylation is 1. The second kappa shape index (κ2) is 11.3. The van der Waals surface area contributed by atoms with Crippen LogP contribution in [0.1, 0.15) is 82.0 Å². The van der Waals surface area contributed by atoms with Crippen molar-refractivity contribution in [1.29, 1.82) is 0 Å². The zero-order valence-electron chi connectivity index (χ0n) is 22.2. The third-order valence-electron chi connectivity index (χ3n) is 8.86. The predicted molar refractivity (Wildman–Crippen MR) is 155 cm³/mol. The molecule has 2 aliphatic heterocycles. The minimum atomic E-state index is 0.00670. The van der Waals surface area contributed by atoms with Gasteiger partial charge in [-0.3, -0.25) is 4.79 Å². The number of thiophene rings is 1. The number of hydrogen-bond donors (Lipinski definition) is 3. The molecule has 6 rings (SSSR count). The molecule has 3 aliphatic rings. The molecule has 1 unspecified atom stereocenters. The molecule has 0 spiro atoms. The Morgan fingerprint density at radius 3 is 2.62 bits per heavy atom. The molecule has 0 amide bonds. The largest absolute Gasteiger partial charge is 0.365 e. The zero-order valence-corrected chi connectivity index (χ0v) is 23.0. The highest BCUT2D eigenvalue weighted by molar-refractivity contribution is 7.22. The predicted octanol–water partition coefficient (Wildman–Crippen LogP) is 5.89. The zero-order chi connectivity index (χ0) is 25.2. The number of nitrogens with zero attached hydrogens (tertiary/aromatic N) is 2. The van der Waals surface area contributed by atoms with Gasteiger partial charge in [0.15, 0.2) is 0 Å². The lowest BCUT2D eigenvalue weighted by molar-refractivity contribution is 0.120. The van der Waals surface area contributed by atoms with Gasteiger partial charge in [0.25, 0.3) is 5.56 Å². The average Bonchev–Trinajstić information content (AvgIpc) is 3.32. The normalized spacial score (nSPS) is 22.5. The number of fused-ring (bicyclic) bond motifs is 1. The second-order valence-corrected chi connectivity index (χ2v) is 12.3. The molecular weight excluding hydrogens is 478 g/mol. The van der Waals surface area contributed by atoms with Crippen molar-refractivity contribution in [2.24, 2.45) is 0 Å². The van der Waals surface area contributed by atoms with Crippen LogP contribution in [0.25, 0.3) is 20.5 Å². The first-order valence-electron chi connectivity index (χ1n) is 14.6. The number of anilines is 1. The summed E-state index contributed by atoms with van der Waals surface area (Å²) in [6.45, 7) is 6.40. The Bertz CT molecular complexity index is 1260.